The second kappa shape index (κ2) is 6.67. The average molecular weight is 350 g/mol. The first-order chi connectivity index (χ1) is 12.6. The SMILES string of the molecule is O=C(O)CC(Cn1c2c(c3ccccc31)CNC=C2)c1ccc(F)cc1. The largest absolute Gasteiger partial charge is 0.481 e. The Morgan fingerprint density at radius 2 is 1.96 bits per heavy atom. The Morgan fingerprint density at radius 1 is 1.19 bits per heavy atom. The third-order valence-corrected chi connectivity index (χ3v) is 4.92. The second-order valence-corrected chi connectivity index (χ2v) is 6.55. The Bertz CT molecular complexity index is 989. The fourth-order valence-electron chi connectivity index (χ4n) is 3.72. The number of nitrogens with zero attached hydrogens (tertiary/aromatic N) is 1. The molecule has 0 bridgehead atoms. The summed E-state index contributed by atoms with van der Waals surface area (Å²) >= 11 is 0. The van der Waals surface area contributed by atoms with Crippen LogP contribution in [0, 0.1) is 5.82 Å². The molecule has 0 fully saturated rings. The van der Waals surface area contributed by atoms with Gasteiger partial charge in [0.05, 0.1) is 6.42 Å². The summed E-state index contributed by atoms with van der Waals surface area (Å²) in [6.07, 6.45) is 3.94. The minimum absolute atomic E-state index is 0.00508. The Hall–Kier alpha value is -3.08. The molecule has 4 nitrogen and oxygen atoms in total. The molecule has 132 valence electrons. The van der Waals surface area contributed by atoms with Gasteiger partial charge >= 0.3 is 5.97 Å². The highest BCUT2D eigenvalue weighted by molar-refractivity contribution is 5.88. The van der Waals surface area contributed by atoms with Gasteiger partial charge in [-0.1, -0.05) is 30.3 Å². The summed E-state index contributed by atoms with van der Waals surface area (Å²) < 4.78 is 15.5. The van der Waals surface area contributed by atoms with Crippen molar-refractivity contribution >= 4 is 22.9 Å². The summed E-state index contributed by atoms with van der Waals surface area (Å²) in [5, 5.41) is 13.8. The number of carboxylic acids is 1. The molecular weight excluding hydrogens is 331 g/mol. The van der Waals surface area contributed by atoms with Crippen molar-refractivity contribution in [1.82, 2.24) is 9.88 Å². The van der Waals surface area contributed by atoms with Crippen molar-refractivity contribution in [2.45, 2.75) is 25.4 Å². The molecule has 4 rings (SSSR count). The Balaban J connectivity index is 1.80. The van der Waals surface area contributed by atoms with E-state index in [0.29, 0.717) is 6.54 Å². The monoisotopic (exact) mass is 350 g/mol. The van der Waals surface area contributed by atoms with Gasteiger partial charge in [0, 0.05) is 41.2 Å². The molecule has 0 radical (unpaired) electrons. The minimum atomic E-state index is -0.859. The number of carbonyl (C=O) groups is 1. The lowest BCUT2D eigenvalue weighted by molar-refractivity contribution is -0.137. The number of hydrogen-bond acceptors (Lipinski definition) is 2. The molecule has 2 N–H and O–H groups in total. The molecule has 26 heavy (non-hydrogen) atoms. The zero-order chi connectivity index (χ0) is 18.1. The van der Waals surface area contributed by atoms with E-state index in [2.05, 4.69) is 22.0 Å². The van der Waals surface area contributed by atoms with E-state index < -0.39 is 5.97 Å². The van der Waals surface area contributed by atoms with Crippen molar-refractivity contribution in [1.29, 1.82) is 0 Å². The van der Waals surface area contributed by atoms with Crippen molar-refractivity contribution in [2.24, 2.45) is 0 Å². The van der Waals surface area contributed by atoms with E-state index in [-0.39, 0.29) is 18.2 Å². The van der Waals surface area contributed by atoms with Crippen LogP contribution in [0.15, 0.2) is 54.7 Å². The first-order valence-corrected chi connectivity index (χ1v) is 8.61. The third kappa shape index (κ3) is 2.96. The van der Waals surface area contributed by atoms with Crippen LogP contribution in [0.5, 0.6) is 0 Å². The smallest absolute Gasteiger partial charge is 0.304 e. The fraction of sp³-hybridized carbons (Fsp3) is 0.190. The number of halogens is 1. The zero-order valence-corrected chi connectivity index (χ0v) is 14.2. The van der Waals surface area contributed by atoms with E-state index in [1.54, 1.807) is 12.1 Å². The quantitative estimate of drug-likeness (QED) is 0.728. The van der Waals surface area contributed by atoms with Crippen LogP contribution < -0.4 is 5.32 Å². The van der Waals surface area contributed by atoms with Crippen molar-refractivity contribution in [3.05, 3.63) is 77.4 Å². The first kappa shape index (κ1) is 16.4. The number of nitrogens with one attached hydrogen (secondary N) is 1. The lowest BCUT2D eigenvalue weighted by atomic mass is 9.95. The lowest BCUT2D eigenvalue weighted by Gasteiger charge is -2.20. The van der Waals surface area contributed by atoms with Gasteiger partial charge in [0.2, 0.25) is 0 Å². The van der Waals surface area contributed by atoms with Crippen LogP contribution in [-0.2, 0) is 17.9 Å². The maximum Gasteiger partial charge on any atom is 0.304 e. The first-order valence-electron chi connectivity index (χ1n) is 8.61. The number of carboxylic acid groups (broad SMARTS) is 1. The van der Waals surface area contributed by atoms with E-state index in [9.17, 15) is 14.3 Å². The highest BCUT2D eigenvalue weighted by Crippen LogP contribution is 2.32. The van der Waals surface area contributed by atoms with Crippen molar-refractivity contribution in [2.75, 3.05) is 0 Å². The number of benzene rings is 2. The van der Waals surface area contributed by atoms with Gasteiger partial charge in [0.1, 0.15) is 5.82 Å². The third-order valence-electron chi connectivity index (χ3n) is 4.92. The molecule has 0 aliphatic carbocycles. The van der Waals surface area contributed by atoms with Crippen LogP contribution in [0.3, 0.4) is 0 Å². The Labute approximate surface area is 150 Å². The van der Waals surface area contributed by atoms with Crippen molar-refractivity contribution in [3.8, 4) is 0 Å². The number of hydrogen-bond donors (Lipinski definition) is 2. The van der Waals surface area contributed by atoms with Gasteiger partial charge in [-0.3, -0.25) is 4.79 Å². The molecule has 0 spiro atoms. The van der Waals surface area contributed by atoms with Crippen molar-refractivity contribution in [3.63, 3.8) is 0 Å². The molecule has 1 atom stereocenters. The maximum atomic E-state index is 13.3. The highest BCUT2D eigenvalue weighted by atomic mass is 19.1. The molecule has 2 aromatic carbocycles. The van der Waals surface area contributed by atoms with Crippen LogP contribution in [0.4, 0.5) is 4.39 Å². The van der Waals surface area contributed by atoms with E-state index in [1.807, 2.05) is 24.4 Å². The predicted octanol–water partition coefficient (Wildman–Crippen LogP) is 4.11. The van der Waals surface area contributed by atoms with E-state index >= 15 is 0 Å². The van der Waals surface area contributed by atoms with Gasteiger partial charge < -0.3 is 15.0 Å². The summed E-state index contributed by atoms with van der Waals surface area (Å²) in [5.74, 6) is -1.42. The molecule has 2 heterocycles. The average Bonchev–Trinajstić information content (AvgIpc) is 2.96. The molecule has 3 aromatic rings. The topological polar surface area (TPSA) is 54.3 Å². The molecule has 1 unspecified atom stereocenters. The minimum Gasteiger partial charge on any atom is -0.481 e. The van der Waals surface area contributed by atoms with Crippen LogP contribution in [-0.4, -0.2) is 15.6 Å². The molecule has 0 saturated carbocycles. The molecular formula is C21H19FN2O2. The number of aromatic nitrogens is 1. The Morgan fingerprint density at radius 3 is 2.73 bits per heavy atom. The molecule has 0 saturated heterocycles. The van der Waals surface area contributed by atoms with Crippen molar-refractivity contribution < 1.29 is 14.3 Å². The summed E-state index contributed by atoms with van der Waals surface area (Å²) in [4.78, 5) is 11.4. The van der Waals surface area contributed by atoms with Crippen LogP contribution in [0.1, 0.15) is 29.2 Å². The highest BCUT2D eigenvalue weighted by Gasteiger charge is 2.22. The molecule has 1 aliphatic heterocycles. The van der Waals surface area contributed by atoms with Crippen LogP contribution in [0.2, 0.25) is 0 Å². The number of aliphatic carboxylic acids is 1. The predicted molar refractivity (Wildman–Crippen MR) is 99.2 cm³/mol. The van der Waals surface area contributed by atoms with Gasteiger partial charge in [-0.15, -0.1) is 0 Å². The normalized spacial score (nSPS) is 14.0. The van der Waals surface area contributed by atoms with Gasteiger partial charge in [0.15, 0.2) is 0 Å². The Kier molecular flexibility index (Phi) is 4.21. The molecule has 1 aliphatic rings. The number of para-hydroxylation sites is 1. The molecule has 0 amide bonds. The molecule has 1 aromatic heterocycles. The van der Waals surface area contributed by atoms with Gasteiger partial charge in [-0.2, -0.15) is 0 Å². The van der Waals surface area contributed by atoms with Crippen LogP contribution in [0.25, 0.3) is 17.0 Å². The van der Waals surface area contributed by atoms with Crippen LogP contribution >= 0.6 is 0 Å². The summed E-state index contributed by atoms with van der Waals surface area (Å²) in [6, 6.07) is 14.3. The molecule has 5 heteroatoms. The zero-order valence-electron chi connectivity index (χ0n) is 14.2. The lowest BCUT2D eigenvalue weighted by Crippen LogP contribution is -2.16. The summed E-state index contributed by atoms with van der Waals surface area (Å²) in [5.41, 5.74) is 4.24. The number of rotatable bonds is 5. The summed E-state index contributed by atoms with van der Waals surface area (Å²) in [7, 11) is 0. The van der Waals surface area contributed by atoms with Gasteiger partial charge in [0.25, 0.3) is 0 Å². The van der Waals surface area contributed by atoms with Gasteiger partial charge in [-0.05, 0) is 36.0 Å². The standard InChI is InChI=1S/C21H19FN2O2/c22-16-7-5-14(6-8-16)15(11-21(25)26)13-24-19-4-2-1-3-17(19)18-12-23-10-9-20(18)24/h1-10,15,23H,11-13H2,(H,25,26). The fourth-order valence-corrected chi connectivity index (χ4v) is 3.72. The van der Waals surface area contributed by atoms with E-state index in [4.69, 9.17) is 0 Å². The maximum absolute atomic E-state index is 13.3. The van der Waals surface area contributed by atoms with E-state index in [0.717, 1.165) is 23.3 Å². The second-order valence-electron chi connectivity index (χ2n) is 6.55. The van der Waals surface area contributed by atoms with E-state index in [1.165, 1.54) is 23.1 Å². The number of fused-ring (bicyclic) bond motifs is 3. The van der Waals surface area contributed by atoms with Gasteiger partial charge in [-0.25, -0.2) is 4.39 Å². The summed E-state index contributed by atoms with van der Waals surface area (Å²) in [6.45, 7) is 1.28.